The van der Waals surface area contributed by atoms with Gasteiger partial charge in [0, 0.05) is 44.4 Å². The number of carbonyl (C=O) groups excluding carboxylic acids is 1. The largest absolute Gasteiger partial charge is 0.342 e. The van der Waals surface area contributed by atoms with E-state index in [1.165, 1.54) is 5.56 Å². The first kappa shape index (κ1) is 17.7. The SMILES string of the molecule is CCn1ccnc1C1CCCN(C(=O)CCCCc2ccccc2)C1. The van der Waals surface area contributed by atoms with Crippen LogP contribution in [0, 0.1) is 0 Å². The van der Waals surface area contributed by atoms with Crippen molar-refractivity contribution < 1.29 is 4.79 Å². The lowest BCUT2D eigenvalue weighted by atomic mass is 9.96. The molecule has 0 N–H and O–H groups in total. The van der Waals surface area contributed by atoms with Crippen LogP contribution in [0.1, 0.15) is 56.3 Å². The second kappa shape index (κ2) is 8.84. The molecule has 1 saturated heterocycles. The maximum absolute atomic E-state index is 12.6. The van der Waals surface area contributed by atoms with Crippen LogP contribution >= 0.6 is 0 Å². The minimum Gasteiger partial charge on any atom is -0.342 e. The zero-order valence-corrected chi connectivity index (χ0v) is 15.2. The Kier molecular flexibility index (Phi) is 6.26. The van der Waals surface area contributed by atoms with Crippen LogP contribution in [-0.2, 0) is 17.8 Å². The summed E-state index contributed by atoms with van der Waals surface area (Å²) < 4.78 is 2.21. The Bertz CT molecular complexity index is 665. The minimum atomic E-state index is 0.312. The number of carbonyl (C=O) groups is 1. The molecule has 3 rings (SSSR count). The molecule has 0 aliphatic carbocycles. The van der Waals surface area contributed by atoms with Gasteiger partial charge in [-0.15, -0.1) is 0 Å². The monoisotopic (exact) mass is 339 g/mol. The van der Waals surface area contributed by atoms with Crippen LogP contribution in [0.3, 0.4) is 0 Å². The molecule has 1 aliphatic rings. The van der Waals surface area contributed by atoms with Gasteiger partial charge in [-0.1, -0.05) is 30.3 Å². The summed E-state index contributed by atoms with van der Waals surface area (Å²) >= 11 is 0. The topological polar surface area (TPSA) is 38.1 Å². The quantitative estimate of drug-likeness (QED) is 0.715. The molecule has 1 amide bonds. The Balaban J connectivity index is 1.45. The van der Waals surface area contributed by atoms with Crippen molar-refractivity contribution >= 4 is 5.91 Å². The number of hydrogen-bond acceptors (Lipinski definition) is 2. The molecule has 1 aromatic heterocycles. The highest BCUT2D eigenvalue weighted by atomic mass is 16.2. The fourth-order valence-corrected chi connectivity index (χ4v) is 3.77. The van der Waals surface area contributed by atoms with Crippen molar-refractivity contribution in [3.63, 3.8) is 0 Å². The molecule has 4 heteroatoms. The number of unbranched alkanes of at least 4 members (excludes halogenated alkanes) is 1. The van der Waals surface area contributed by atoms with Gasteiger partial charge in [-0.05, 0) is 44.6 Å². The molecule has 0 radical (unpaired) electrons. The van der Waals surface area contributed by atoms with E-state index in [1.54, 1.807) is 0 Å². The third kappa shape index (κ3) is 4.71. The Morgan fingerprint density at radius 3 is 2.88 bits per heavy atom. The Hall–Kier alpha value is -2.10. The molecule has 1 fully saturated rings. The summed E-state index contributed by atoms with van der Waals surface area (Å²) in [6.45, 7) is 4.82. The molecule has 1 aliphatic heterocycles. The van der Waals surface area contributed by atoms with Gasteiger partial charge in [0.15, 0.2) is 0 Å². The molecule has 4 nitrogen and oxygen atoms in total. The van der Waals surface area contributed by atoms with E-state index in [0.29, 0.717) is 18.2 Å². The molecule has 25 heavy (non-hydrogen) atoms. The van der Waals surface area contributed by atoms with Gasteiger partial charge in [-0.2, -0.15) is 0 Å². The number of likely N-dealkylation sites (tertiary alicyclic amines) is 1. The predicted molar refractivity (Wildman–Crippen MR) is 100 cm³/mol. The van der Waals surface area contributed by atoms with Gasteiger partial charge < -0.3 is 9.47 Å². The van der Waals surface area contributed by atoms with E-state index in [1.807, 2.05) is 18.5 Å². The molecule has 1 atom stereocenters. The van der Waals surface area contributed by atoms with Gasteiger partial charge in [0.1, 0.15) is 5.82 Å². The first-order valence-corrected chi connectivity index (χ1v) is 9.60. The maximum Gasteiger partial charge on any atom is 0.222 e. The molecule has 1 unspecified atom stereocenters. The van der Waals surface area contributed by atoms with Crippen LogP contribution in [0.15, 0.2) is 42.7 Å². The fraction of sp³-hybridized carbons (Fsp3) is 0.524. The summed E-state index contributed by atoms with van der Waals surface area (Å²) in [4.78, 5) is 19.2. The average molecular weight is 339 g/mol. The zero-order valence-electron chi connectivity index (χ0n) is 15.2. The van der Waals surface area contributed by atoms with E-state index in [4.69, 9.17) is 0 Å². The summed E-state index contributed by atoms with van der Waals surface area (Å²) in [7, 11) is 0. The third-order valence-corrected chi connectivity index (χ3v) is 5.18. The summed E-state index contributed by atoms with van der Waals surface area (Å²) in [5.41, 5.74) is 1.36. The molecule has 0 saturated carbocycles. The normalized spacial score (nSPS) is 17.6. The zero-order chi connectivity index (χ0) is 17.5. The van der Waals surface area contributed by atoms with E-state index in [0.717, 1.165) is 57.6 Å². The van der Waals surface area contributed by atoms with E-state index in [-0.39, 0.29) is 0 Å². The fourth-order valence-electron chi connectivity index (χ4n) is 3.77. The van der Waals surface area contributed by atoms with Crippen molar-refractivity contribution in [1.29, 1.82) is 0 Å². The van der Waals surface area contributed by atoms with Crippen LogP contribution in [0.4, 0.5) is 0 Å². The second-order valence-corrected chi connectivity index (χ2v) is 6.94. The van der Waals surface area contributed by atoms with Crippen molar-refractivity contribution in [2.75, 3.05) is 13.1 Å². The van der Waals surface area contributed by atoms with Gasteiger partial charge in [0.2, 0.25) is 5.91 Å². The lowest BCUT2D eigenvalue weighted by Gasteiger charge is -2.32. The number of benzene rings is 1. The highest BCUT2D eigenvalue weighted by Gasteiger charge is 2.26. The first-order valence-electron chi connectivity index (χ1n) is 9.60. The number of nitrogens with zero attached hydrogens (tertiary/aromatic N) is 3. The van der Waals surface area contributed by atoms with Crippen LogP contribution in [0.2, 0.25) is 0 Å². The lowest BCUT2D eigenvalue weighted by molar-refractivity contribution is -0.132. The summed E-state index contributed by atoms with van der Waals surface area (Å²) in [6.07, 6.45) is 9.91. The molecule has 2 heterocycles. The molecule has 2 aromatic rings. The lowest BCUT2D eigenvalue weighted by Crippen LogP contribution is -2.39. The number of aryl methyl sites for hydroxylation is 2. The molecular formula is C21H29N3O. The summed E-state index contributed by atoms with van der Waals surface area (Å²) in [5.74, 6) is 1.84. The smallest absolute Gasteiger partial charge is 0.222 e. The second-order valence-electron chi connectivity index (χ2n) is 6.94. The van der Waals surface area contributed by atoms with E-state index >= 15 is 0 Å². The van der Waals surface area contributed by atoms with Crippen molar-refractivity contribution in [2.24, 2.45) is 0 Å². The van der Waals surface area contributed by atoms with Gasteiger partial charge in [-0.3, -0.25) is 4.79 Å². The molecule has 0 spiro atoms. The summed E-state index contributed by atoms with van der Waals surface area (Å²) in [6, 6.07) is 10.5. The van der Waals surface area contributed by atoms with Gasteiger partial charge in [0.05, 0.1) is 0 Å². The average Bonchev–Trinajstić information content (AvgIpc) is 3.15. The highest BCUT2D eigenvalue weighted by Crippen LogP contribution is 2.26. The van der Waals surface area contributed by atoms with Crippen molar-refractivity contribution in [3.8, 4) is 0 Å². The Morgan fingerprint density at radius 1 is 1.24 bits per heavy atom. The van der Waals surface area contributed by atoms with Crippen LogP contribution in [-0.4, -0.2) is 33.4 Å². The Labute approximate surface area is 150 Å². The number of aromatic nitrogens is 2. The van der Waals surface area contributed by atoms with Crippen molar-refractivity contribution in [3.05, 3.63) is 54.1 Å². The van der Waals surface area contributed by atoms with Crippen molar-refractivity contribution in [1.82, 2.24) is 14.5 Å². The third-order valence-electron chi connectivity index (χ3n) is 5.18. The number of amides is 1. The summed E-state index contributed by atoms with van der Waals surface area (Å²) in [5, 5.41) is 0. The standard InChI is InChI=1S/C21H29N3O/c1-2-23-16-14-22-21(23)19-12-8-15-24(17-19)20(25)13-7-6-11-18-9-4-3-5-10-18/h3-5,9-10,14,16,19H,2,6-8,11-13,15,17H2,1H3. The van der Waals surface area contributed by atoms with E-state index in [9.17, 15) is 4.79 Å². The van der Waals surface area contributed by atoms with Crippen LogP contribution < -0.4 is 0 Å². The molecule has 1 aromatic carbocycles. The van der Waals surface area contributed by atoms with Gasteiger partial charge >= 0.3 is 0 Å². The first-order chi connectivity index (χ1) is 12.3. The van der Waals surface area contributed by atoms with Gasteiger partial charge in [-0.25, -0.2) is 4.98 Å². The predicted octanol–water partition coefficient (Wildman–Crippen LogP) is 4.02. The molecule has 0 bridgehead atoms. The number of piperidine rings is 1. The minimum absolute atomic E-state index is 0.312. The van der Waals surface area contributed by atoms with E-state index in [2.05, 4.69) is 45.6 Å². The molecular weight excluding hydrogens is 310 g/mol. The molecule has 134 valence electrons. The van der Waals surface area contributed by atoms with Crippen molar-refractivity contribution in [2.45, 2.75) is 57.9 Å². The number of rotatable bonds is 7. The van der Waals surface area contributed by atoms with Gasteiger partial charge in [0.25, 0.3) is 0 Å². The van der Waals surface area contributed by atoms with Crippen LogP contribution in [0.25, 0.3) is 0 Å². The number of hydrogen-bond donors (Lipinski definition) is 0. The van der Waals surface area contributed by atoms with Crippen LogP contribution in [0.5, 0.6) is 0 Å². The highest BCUT2D eigenvalue weighted by molar-refractivity contribution is 5.76. The Morgan fingerprint density at radius 2 is 2.08 bits per heavy atom. The maximum atomic E-state index is 12.6. The van der Waals surface area contributed by atoms with E-state index < -0.39 is 0 Å². The number of imidazole rings is 1.